The second kappa shape index (κ2) is 4.65. The summed E-state index contributed by atoms with van der Waals surface area (Å²) >= 11 is 0. The molecule has 0 spiro atoms. The second-order valence-corrected chi connectivity index (χ2v) is 4.21. The van der Waals surface area contributed by atoms with Gasteiger partial charge in [0, 0.05) is 13.1 Å². The summed E-state index contributed by atoms with van der Waals surface area (Å²) in [5.41, 5.74) is 6.17. The Kier molecular flexibility index (Phi) is 3.21. The van der Waals surface area contributed by atoms with E-state index in [2.05, 4.69) is 14.7 Å². The molecular formula is C11H18N4O2. The number of aromatic nitrogens is 2. The van der Waals surface area contributed by atoms with Gasteiger partial charge in [0.25, 0.3) is 0 Å². The Labute approximate surface area is 100 Å². The van der Waals surface area contributed by atoms with Gasteiger partial charge in [0.2, 0.25) is 0 Å². The summed E-state index contributed by atoms with van der Waals surface area (Å²) in [6.07, 6.45) is 3.53. The van der Waals surface area contributed by atoms with Gasteiger partial charge in [-0.1, -0.05) is 0 Å². The van der Waals surface area contributed by atoms with Gasteiger partial charge in [0.15, 0.2) is 11.5 Å². The average Bonchev–Trinajstić information content (AvgIpc) is 2.65. The van der Waals surface area contributed by atoms with Crippen LogP contribution in [0.4, 0.5) is 5.82 Å². The zero-order chi connectivity index (χ0) is 12.4. The topological polar surface area (TPSA) is 73.4 Å². The van der Waals surface area contributed by atoms with Crippen LogP contribution in [-0.2, 0) is 4.74 Å². The summed E-state index contributed by atoms with van der Waals surface area (Å²) in [6.45, 7) is 3.74. The van der Waals surface area contributed by atoms with Gasteiger partial charge in [-0.15, -0.1) is 0 Å². The Balaban J connectivity index is 2.33. The predicted octanol–water partition coefficient (Wildman–Crippen LogP) is 0.682. The van der Waals surface area contributed by atoms with Crippen LogP contribution in [0.3, 0.4) is 0 Å². The quantitative estimate of drug-likeness (QED) is 0.767. The van der Waals surface area contributed by atoms with Crippen molar-refractivity contribution in [1.82, 2.24) is 9.66 Å². The highest BCUT2D eigenvalue weighted by Gasteiger charge is 2.23. The Bertz CT molecular complexity index is 421. The van der Waals surface area contributed by atoms with Crippen molar-refractivity contribution < 1.29 is 9.53 Å². The van der Waals surface area contributed by atoms with E-state index >= 15 is 0 Å². The van der Waals surface area contributed by atoms with Gasteiger partial charge in [0.05, 0.1) is 7.11 Å². The molecule has 0 amide bonds. The average molecular weight is 238 g/mol. The molecule has 0 saturated carbocycles. The first kappa shape index (κ1) is 11.8. The van der Waals surface area contributed by atoms with Gasteiger partial charge < -0.3 is 15.5 Å². The normalized spacial score (nSPS) is 16.0. The zero-order valence-electron chi connectivity index (χ0n) is 10.3. The van der Waals surface area contributed by atoms with E-state index in [1.165, 1.54) is 13.5 Å². The molecule has 0 aliphatic carbocycles. The summed E-state index contributed by atoms with van der Waals surface area (Å²) in [4.78, 5) is 15.7. The molecule has 6 nitrogen and oxygen atoms in total. The molecular weight excluding hydrogens is 220 g/mol. The fourth-order valence-electron chi connectivity index (χ4n) is 2.22. The third kappa shape index (κ3) is 2.07. The number of carbonyl (C=O) groups excluding carboxylic acids is 1. The van der Waals surface area contributed by atoms with Crippen molar-refractivity contribution >= 4 is 11.8 Å². The number of hydrogen-bond donors (Lipinski definition) is 1. The van der Waals surface area contributed by atoms with E-state index in [4.69, 9.17) is 5.73 Å². The number of esters is 1. The molecule has 1 fully saturated rings. The number of nitrogens with two attached hydrogens (primary N) is 1. The van der Waals surface area contributed by atoms with Crippen molar-refractivity contribution in [1.29, 1.82) is 0 Å². The van der Waals surface area contributed by atoms with Crippen LogP contribution >= 0.6 is 0 Å². The van der Waals surface area contributed by atoms with Crippen LogP contribution in [0.1, 0.15) is 35.6 Å². The van der Waals surface area contributed by atoms with Crippen molar-refractivity contribution in [3.8, 4) is 0 Å². The Morgan fingerprint density at radius 2 is 2.00 bits per heavy atom. The highest BCUT2D eigenvalue weighted by Crippen LogP contribution is 2.18. The summed E-state index contributed by atoms with van der Waals surface area (Å²) in [5, 5.41) is 2.13. The first-order chi connectivity index (χ1) is 8.15. The number of ether oxygens (including phenoxy) is 1. The van der Waals surface area contributed by atoms with Crippen LogP contribution < -0.4 is 10.7 Å². The number of nitrogen functional groups attached to an aromatic ring is 1. The highest BCUT2D eigenvalue weighted by atomic mass is 16.5. The third-order valence-electron chi connectivity index (χ3n) is 3.04. The largest absolute Gasteiger partial charge is 0.464 e. The number of methoxy groups -OCH3 is 1. The summed E-state index contributed by atoms with van der Waals surface area (Å²) in [7, 11) is 1.33. The maximum atomic E-state index is 11.5. The van der Waals surface area contributed by atoms with E-state index in [0.717, 1.165) is 31.8 Å². The van der Waals surface area contributed by atoms with Crippen LogP contribution in [-0.4, -0.2) is 35.8 Å². The fraction of sp³-hybridized carbons (Fsp3) is 0.636. The molecule has 17 heavy (non-hydrogen) atoms. The minimum absolute atomic E-state index is 0.204. The van der Waals surface area contributed by atoms with E-state index in [0.29, 0.717) is 5.82 Å². The molecule has 0 radical (unpaired) electrons. The smallest absolute Gasteiger partial charge is 0.360 e. The Morgan fingerprint density at radius 1 is 1.35 bits per heavy atom. The first-order valence-electron chi connectivity index (χ1n) is 5.83. The number of anilines is 1. The first-order valence-corrected chi connectivity index (χ1v) is 5.83. The van der Waals surface area contributed by atoms with Gasteiger partial charge in [0.1, 0.15) is 5.82 Å². The molecule has 2 rings (SSSR count). The molecule has 6 heteroatoms. The molecule has 1 aromatic rings. The van der Waals surface area contributed by atoms with Gasteiger partial charge in [-0.2, -0.15) is 0 Å². The number of nitrogens with zero attached hydrogens (tertiary/aromatic N) is 3. The molecule has 0 bridgehead atoms. The van der Waals surface area contributed by atoms with Crippen molar-refractivity contribution in [3.05, 3.63) is 11.5 Å². The van der Waals surface area contributed by atoms with Gasteiger partial charge in [-0.05, 0) is 26.2 Å². The lowest BCUT2D eigenvalue weighted by molar-refractivity contribution is 0.0595. The van der Waals surface area contributed by atoms with Crippen molar-refractivity contribution in [2.45, 2.75) is 26.2 Å². The molecule has 94 valence electrons. The number of rotatable bonds is 2. The molecule has 0 atom stereocenters. The number of piperidine rings is 1. The molecule has 1 saturated heterocycles. The number of aryl methyl sites for hydroxylation is 1. The van der Waals surface area contributed by atoms with Crippen LogP contribution in [0.25, 0.3) is 0 Å². The van der Waals surface area contributed by atoms with E-state index in [1.54, 1.807) is 0 Å². The molecule has 0 unspecified atom stereocenters. The molecule has 2 N–H and O–H groups in total. The lowest BCUT2D eigenvalue weighted by Crippen LogP contribution is -2.40. The van der Waals surface area contributed by atoms with Crippen LogP contribution in [0.15, 0.2) is 0 Å². The van der Waals surface area contributed by atoms with E-state index in [9.17, 15) is 4.79 Å². The fourth-order valence-corrected chi connectivity index (χ4v) is 2.22. The van der Waals surface area contributed by atoms with Crippen LogP contribution in [0, 0.1) is 6.92 Å². The van der Waals surface area contributed by atoms with Crippen molar-refractivity contribution in [3.63, 3.8) is 0 Å². The van der Waals surface area contributed by atoms with Crippen molar-refractivity contribution in [2.75, 3.05) is 30.9 Å². The maximum Gasteiger partial charge on any atom is 0.360 e. The SMILES string of the molecule is COC(=O)c1nc(C)n(N2CCCCC2)c1N. The molecule has 1 aliphatic heterocycles. The minimum atomic E-state index is -0.485. The van der Waals surface area contributed by atoms with Crippen LogP contribution in [0.5, 0.6) is 0 Å². The molecule has 1 aromatic heterocycles. The van der Waals surface area contributed by atoms with E-state index in [1.807, 2.05) is 11.6 Å². The second-order valence-electron chi connectivity index (χ2n) is 4.21. The van der Waals surface area contributed by atoms with Crippen molar-refractivity contribution in [2.24, 2.45) is 0 Å². The van der Waals surface area contributed by atoms with Gasteiger partial charge in [-0.25, -0.2) is 14.5 Å². The summed E-state index contributed by atoms with van der Waals surface area (Å²) < 4.78 is 6.48. The lowest BCUT2D eigenvalue weighted by Gasteiger charge is -2.31. The summed E-state index contributed by atoms with van der Waals surface area (Å²) in [6, 6.07) is 0. The Hall–Kier alpha value is -1.72. The number of hydrogen-bond acceptors (Lipinski definition) is 5. The number of carbonyl (C=O) groups is 1. The van der Waals surface area contributed by atoms with E-state index in [-0.39, 0.29) is 5.69 Å². The Morgan fingerprint density at radius 3 is 2.59 bits per heavy atom. The molecule has 1 aliphatic rings. The van der Waals surface area contributed by atoms with Gasteiger partial charge in [-0.3, -0.25) is 0 Å². The number of imidazole rings is 1. The predicted molar refractivity (Wildman–Crippen MR) is 64.5 cm³/mol. The molecule has 0 aromatic carbocycles. The maximum absolute atomic E-state index is 11.5. The highest BCUT2D eigenvalue weighted by molar-refractivity contribution is 5.92. The summed E-state index contributed by atoms with van der Waals surface area (Å²) in [5.74, 6) is 0.613. The lowest BCUT2D eigenvalue weighted by atomic mass is 10.2. The monoisotopic (exact) mass is 238 g/mol. The van der Waals surface area contributed by atoms with E-state index < -0.39 is 5.97 Å². The van der Waals surface area contributed by atoms with Gasteiger partial charge >= 0.3 is 5.97 Å². The molecule has 2 heterocycles. The zero-order valence-corrected chi connectivity index (χ0v) is 10.3. The minimum Gasteiger partial charge on any atom is -0.464 e. The third-order valence-corrected chi connectivity index (χ3v) is 3.04. The van der Waals surface area contributed by atoms with Crippen LogP contribution in [0.2, 0.25) is 0 Å². The standard InChI is InChI=1S/C11H18N4O2/c1-8-13-9(11(16)17-2)10(12)15(8)14-6-4-3-5-7-14/h3-7,12H2,1-2H3.